The van der Waals surface area contributed by atoms with Crippen LogP contribution in [0.5, 0.6) is 5.75 Å². The topological polar surface area (TPSA) is 87.7 Å². The maximum absolute atomic E-state index is 12.4. The Kier molecular flexibility index (Phi) is 6.66. The fraction of sp³-hybridized carbons (Fsp3) is 0.0625. The molecule has 0 saturated heterocycles. The molecule has 26 heavy (non-hydrogen) atoms. The summed E-state index contributed by atoms with van der Waals surface area (Å²) < 4.78 is 5.11. The minimum atomic E-state index is -1.26. The molecule has 0 aliphatic heterocycles. The van der Waals surface area contributed by atoms with Gasteiger partial charge in [0, 0.05) is 10.0 Å². The number of ether oxygens (including phenoxy) is 1. The SMILES string of the molecule is COc1ccc(Cl)cc1C(=O)NC(=S)Nc1c(Cl)cc(Cl)cc1C(=O)O. The zero-order valence-electron chi connectivity index (χ0n) is 13.1. The molecule has 0 unspecified atom stereocenters. The van der Waals surface area contributed by atoms with Gasteiger partial charge in [-0.05, 0) is 42.5 Å². The average Bonchev–Trinajstić information content (AvgIpc) is 2.56. The highest BCUT2D eigenvalue weighted by molar-refractivity contribution is 7.80. The van der Waals surface area contributed by atoms with Crippen LogP contribution in [-0.4, -0.2) is 29.2 Å². The number of hydrogen-bond donors (Lipinski definition) is 3. The van der Waals surface area contributed by atoms with E-state index in [1.807, 2.05) is 0 Å². The summed E-state index contributed by atoms with van der Waals surface area (Å²) in [5.41, 5.74) is -0.0313. The summed E-state index contributed by atoms with van der Waals surface area (Å²) in [5, 5.41) is 14.6. The summed E-state index contributed by atoms with van der Waals surface area (Å²) >= 11 is 22.8. The lowest BCUT2D eigenvalue weighted by Gasteiger charge is -2.14. The van der Waals surface area contributed by atoms with Crippen LogP contribution in [0.1, 0.15) is 20.7 Å². The average molecular weight is 434 g/mol. The molecule has 2 rings (SSSR count). The third kappa shape index (κ3) is 4.76. The number of methoxy groups -OCH3 is 1. The number of rotatable bonds is 4. The molecule has 0 bridgehead atoms. The highest BCUT2D eigenvalue weighted by Crippen LogP contribution is 2.30. The predicted molar refractivity (Wildman–Crippen MR) is 105 cm³/mol. The van der Waals surface area contributed by atoms with E-state index in [1.54, 1.807) is 6.07 Å². The summed E-state index contributed by atoms with van der Waals surface area (Å²) in [6.07, 6.45) is 0. The summed E-state index contributed by atoms with van der Waals surface area (Å²) in [5.74, 6) is -1.56. The molecule has 0 aromatic heterocycles. The molecule has 6 nitrogen and oxygen atoms in total. The van der Waals surface area contributed by atoms with Crippen LogP contribution in [0.4, 0.5) is 5.69 Å². The predicted octanol–water partition coefficient (Wildman–Crippen LogP) is 4.48. The number of carboxylic acids is 1. The fourth-order valence-electron chi connectivity index (χ4n) is 2.04. The first-order chi connectivity index (χ1) is 12.2. The Labute approximate surface area is 169 Å². The number of amides is 1. The van der Waals surface area contributed by atoms with Crippen molar-refractivity contribution in [2.45, 2.75) is 0 Å². The first kappa shape index (κ1) is 20.3. The van der Waals surface area contributed by atoms with Crippen LogP contribution in [-0.2, 0) is 0 Å². The third-order valence-corrected chi connectivity index (χ3v) is 4.11. The number of nitrogens with one attached hydrogen (secondary N) is 2. The Hall–Kier alpha value is -2.06. The molecular weight excluding hydrogens is 423 g/mol. The number of halogens is 3. The third-order valence-electron chi connectivity index (χ3n) is 3.16. The lowest BCUT2D eigenvalue weighted by Crippen LogP contribution is -2.34. The molecule has 0 radical (unpaired) electrons. The highest BCUT2D eigenvalue weighted by atomic mass is 35.5. The molecule has 0 atom stereocenters. The van der Waals surface area contributed by atoms with Crippen LogP contribution in [0.25, 0.3) is 0 Å². The molecular formula is C16H11Cl3N2O4S. The molecule has 0 aliphatic carbocycles. The molecule has 0 spiro atoms. The fourth-order valence-corrected chi connectivity index (χ4v) is 2.95. The standard InChI is InChI=1S/C16H11Cl3N2O4S/c1-25-12-3-2-7(17)4-9(12)14(22)21-16(26)20-13-10(15(23)24)5-8(18)6-11(13)19/h2-6H,1H3,(H,23,24)(H2,20,21,22,26). The van der Waals surface area contributed by atoms with E-state index >= 15 is 0 Å². The Balaban J connectivity index is 2.24. The lowest BCUT2D eigenvalue weighted by molar-refractivity contribution is 0.0697. The van der Waals surface area contributed by atoms with E-state index in [2.05, 4.69) is 10.6 Å². The molecule has 136 valence electrons. The van der Waals surface area contributed by atoms with E-state index < -0.39 is 11.9 Å². The van der Waals surface area contributed by atoms with Gasteiger partial charge in [0.1, 0.15) is 5.75 Å². The van der Waals surface area contributed by atoms with E-state index in [4.69, 9.17) is 51.8 Å². The largest absolute Gasteiger partial charge is 0.496 e. The lowest BCUT2D eigenvalue weighted by atomic mass is 10.1. The number of thiocarbonyl (C=S) groups is 1. The van der Waals surface area contributed by atoms with Crippen molar-refractivity contribution in [3.05, 3.63) is 56.5 Å². The highest BCUT2D eigenvalue weighted by Gasteiger charge is 2.18. The zero-order valence-corrected chi connectivity index (χ0v) is 16.2. The van der Waals surface area contributed by atoms with Crippen molar-refractivity contribution in [3.8, 4) is 5.75 Å². The molecule has 0 aliphatic rings. The van der Waals surface area contributed by atoms with Gasteiger partial charge in [-0.1, -0.05) is 34.8 Å². The second-order valence-corrected chi connectivity index (χ2v) is 6.56. The van der Waals surface area contributed by atoms with Gasteiger partial charge in [-0.25, -0.2) is 4.79 Å². The van der Waals surface area contributed by atoms with Crippen molar-refractivity contribution in [2.24, 2.45) is 0 Å². The first-order valence-electron chi connectivity index (χ1n) is 6.91. The van der Waals surface area contributed by atoms with Gasteiger partial charge in [0.15, 0.2) is 5.11 Å². The molecule has 0 heterocycles. The monoisotopic (exact) mass is 432 g/mol. The molecule has 0 fully saturated rings. The van der Waals surface area contributed by atoms with Gasteiger partial charge in [0.25, 0.3) is 5.91 Å². The zero-order chi connectivity index (χ0) is 19.4. The number of carbonyl (C=O) groups excluding carboxylic acids is 1. The maximum Gasteiger partial charge on any atom is 0.337 e. The number of aromatic carboxylic acids is 1. The van der Waals surface area contributed by atoms with Gasteiger partial charge >= 0.3 is 5.97 Å². The Morgan fingerprint density at radius 3 is 2.35 bits per heavy atom. The summed E-state index contributed by atoms with van der Waals surface area (Å²) in [7, 11) is 1.41. The van der Waals surface area contributed by atoms with E-state index in [0.717, 1.165) is 0 Å². The maximum atomic E-state index is 12.4. The summed E-state index contributed by atoms with van der Waals surface area (Å²) in [6.45, 7) is 0. The van der Waals surface area contributed by atoms with Gasteiger partial charge in [-0.2, -0.15) is 0 Å². The van der Waals surface area contributed by atoms with E-state index in [-0.39, 0.29) is 32.0 Å². The van der Waals surface area contributed by atoms with Gasteiger partial charge in [-0.15, -0.1) is 0 Å². The summed E-state index contributed by atoms with van der Waals surface area (Å²) in [6, 6.07) is 7.08. The quantitative estimate of drug-likeness (QED) is 0.616. The van der Waals surface area contributed by atoms with Crippen molar-refractivity contribution in [1.29, 1.82) is 0 Å². The molecule has 10 heteroatoms. The summed E-state index contributed by atoms with van der Waals surface area (Å²) in [4.78, 5) is 23.7. The minimum absolute atomic E-state index is 0.00641. The van der Waals surface area contributed by atoms with E-state index in [0.29, 0.717) is 10.8 Å². The first-order valence-corrected chi connectivity index (χ1v) is 8.45. The number of carboxylic acid groups (broad SMARTS) is 1. The van der Waals surface area contributed by atoms with Crippen molar-refractivity contribution in [3.63, 3.8) is 0 Å². The molecule has 2 aromatic rings. The van der Waals surface area contributed by atoms with Crippen molar-refractivity contribution < 1.29 is 19.4 Å². The van der Waals surface area contributed by atoms with Gasteiger partial charge < -0.3 is 15.2 Å². The number of hydrogen-bond acceptors (Lipinski definition) is 4. The van der Waals surface area contributed by atoms with Crippen molar-refractivity contribution in [2.75, 3.05) is 12.4 Å². The van der Waals surface area contributed by atoms with Crippen LogP contribution in [0.15, 0.2) is 30.3 Å². The normalized spacial score (nSPS) is 10.2. The molecule has 1 amide bonds. The van der Waals surface area contributed by atoms with E-state index in [9.17, 15) is 14.7 Å². The Morgan fingerprint density at radius 1 is 1.08 bits per heavy atom. The van der Waals surface area contributed by atoms with Gasteiger partial charge in [-0.3, -0.25) is 10.1 Å². The second kappa shape index (κ2) is 8.55. The Morgan fingerprint density at radius 2 is 1.73 bits per heavy atom. The van der Waals surface area contributed by atoms with Gasteiger partial charge in [0.2, 0.25) is 0 Å². The second-order valence-electron chi connectivity index (χ2n) is 4.87. The van der Waals surface area contributed by atoms with Crippen LogP contribution >= 0.6 is 47.0 Å². The number of anilines is 1. The van der Waals surface area contributed by atoms with Crippen LogP contribution in [0.2, 0.25) is 15.1 Å². The van der Waals surface area contributed by atoms with Gasteiger partial charge in [0.05, 0.1) is 28.9 Å². The minimum Gasteiger partial charge on any atom is -0.496 e. The number of carbonyl (C=O) groups is 2. The molecule has 0 saturated carbocycles. The van der Waals surface area contributed by atoms with E-state index in [1.165, 1.54) is 31.4 Å². The number of benzene rings is 2. The smallest absolute Gasteiger partial charge is 0.337 e. The van der Waals surface area contributed by atoms with Crippen molar-refractivity contribution in [1.82, 2.24) is 5.32 Å². The van der Waals surface area contributed by atoms with Crippen LogP contribution < -0.4 is 15.4 Å². The Bertz CT molecular complexity index is 905. The van der Waals surface area contributed by atoms with Crippen LogP contribution in [0.3, 0.4) is 0 Å². The molecule has 3 N–H and O–H groups in total. The molecule has 2 aromatic carbocycles. The van der Waals surface area contributed by atoms with Crippen LogP contribution in [0, 0.1) is 0 Å². The van der Waals surface area contributed by atoms with Crippen molar-refractivity contribution >= 4 is 69.7 Å².